The molecule has 0 spiro atoms. The molecule has 0 bridgehead atoms. The fourth-order valence-corrected chi connectivity index (χ4v) is 3.28. The van der Waals surface area contributed by atoms with Crippen LogP contribution in [0.3, 0.4) is 0 Å². The first-order valence-electron chi connectivity index (χ1n) is 7.27. The van der Waals surface area contributed by atoms with Crippen LogP contribution in [0.25, 0.3) is 0 Å². The molecule has 0 aromatic heterocycles. The average molecular weight is 308 g/mol. The molecule has 3 atom stereocenters. The van der Waals surface area contributed by atoms with Gasteiger partial charge in [-0.1, -0.05) is 42.3 Å². The minimum absolute atomic E-state index is 0.216. The van der Waals surface area contributed by atoms with E-state index in [4.69, 9.17) is 16.3 Å². The molecular weight excluding hydrogens is 286 g/mol. The van der Waals surface area contributed by atoms with Crippen LogP contribution < -0.4 is 5.32 Å². The number of methoxy groups -OCH3 is 1. The summed E-state index contributed by atoms with van der Waals surface area (Å²) in [6.45, 7) is 4.30. The lowest BCUT2D eigenvalue weighted by Crippen LogP contribution is -2.39. The molecule has 2 rings (SSSR count). The van der Waals surface area contributed by atoms with Crippen LogP contribution in [0.15, 0.2) is 35.9 Å². The molecule has 0 heterocycles. The summed E-state index contributed by atoms with van der Waals surface area (Å²) < 4.78 is 4.98. The van der Waals surface area contributed by atoms with Crippen molar-refractivity contribution in [2.75, 3.05) is 12.4 Å². The summed E-state index contributed by atoms with van der Waals surface area (Å²) in [5, 5.41) is 3.89. The van der Waals surface area contributed by atoms with Gasteiger partial charge in [0, 0.05) is 0 Å². The van der Waals surface area contributed by atoms with Crippen molar-refractivity contribution < 1.29 is 9.53 Å². The SMILES string of the molecule is COC(=O)C(Nc1ccccc1Cl)C1CC(C)=CC(C)C1. The Labute approximate surface area is 131 Å². The van der Waals surface area contributed by atoms with E-state index in [0.29, 0.717) is 10.9 Å². The number of nitrogens with one attached hydrogen (secondary N) is 1. The van der Waals surface area contributed by atoms with Crippen LogP contribution >= 0.6 is 11.6 Å². The summed E-state index contributed by atoms with van der Waals surface area (Å²) in [5.74, 6) is 0.458. The van der Waals surface area contributed by atoms with Crippen LogP contribution in [-0.2, 0) is 9.53 Å². The van der Waals surface area contributed by atoms with Crippen LogP contribution in [0.4, 0.5) is 5.69 Å². The number of esters is 1. The summed E-state index contributed by atoms with van der Waals surface area (Å²) in [6, 6.07) is 7.09. The van der Waals surface area contributed by atoms with Crippen LogP contribution in [-0.4, -0.2) is 19.1 Å². The van der Waals surface area contributed by atoms with Gasteiger partial charge < -0.3 is 10.1 Å². The van der Waals surface area contributed by atoms with Gasteiger partial charge in [0.1, 0.15) is 6.04 Å². The molecule has 1 aromatic carbocycles. The van der Waals surface area contributed by atoms with Gasteiger partial charge in [-0.3, -0.25) is 0 Å². The van der Waals surface area contributed by atoms with Gasteiger partial charge in [-0.2, -0.15) is 0 Å². The molecule has 1 aliphatic rings. The zero-order valence-corrected chi connectivity index (χ0v) is 13.5. The zero-order chi connectivity index (χ0) is 15.4. The lowest BCUT2D eigenvalue weighted by atomic mass is 9.79. The number of allylic oxidation sites excluding steroid dienone is 2. The normalized spacial score (nSPS) is 23.1. The highest BCUT2D eigenvalue weighted by atomic mass is 35.5. The number of benzene rings is 1. The number of ether oxygens (including phenoxy) is 1. The predicted octanol–water partition coefficient (Wildman–Crippen LogP) is 4.29. The Hall–Kier alpha value is -1.48. The van der Waals surface area contributed by atoms with E-state index in [1.165, 1.54) is 12.7 Å². The molecule has 114 valence electrons. The molecule has 0 amide bonds. The van der Waals surface area contributed by atoms with E-state index in [9.17, 15) is 4.79 Å². The van der Waals surface area contributed by atoms with E-state index >= 15 is 0 Å². The molecule has 1 N–H and O–H groups in total. The second-order valence-corrected chi connectivity index (χ2v) is 6.22. The number of carbonyl (C=O) groups is 1. The fraction of sp³-hybridized carbons (Fsp3) is 0.471. The summed E-state index contributed by atoms with van der Waals surface area (Å²) in [7, 11) is 1.43. The second kappa shape index (κ2) is 6.99. The Morgan fingerprint density at radius 2 is 2.14 bits per heavy atom. The monoisotopic (exact) mass is 307 g/mol. The van der Waals surface area contributed by atoms with Crippen LogP contribution in [0, 0.1) is 11.8 Å². The van der Waals surface area contributed by atoms with Gasteiger partial charge in [-0.25, -0.2) is 4.79 Å². The minimum atomic E-state index is -0.374. The third kappa shape index (κ3) is 4.01. The predicted molar refractivity (Wildman–Crippen MR) is 86.5 cm³/mol. The minimum Gasteiger partial charge on any atom is -0.467 e. The van der Waals surface area contributed by atoms with Crippen LogP contribution in [0.5, 0.6) is 0 Å². The van der Waals surface area contributed by atoms with Crippen LogP contribution in [0.1, 0.15) is 26.7 Å². The Balaban J connectivity index is 2.21. The highest BCUT2D eigenvalue weighted by Crippen LogP contribution is 2.33. The molecule has 0 saturated carbocycles. The Kier molecular flexibility index (Phi) is 5.29. The fourth-order valence-electron chi connectivity index (χ4n) is 3.09. The highest BCUT2D eigenvalue weighted by molar-refractivity contribution is 6.33. The quantitative estimate of drug-likeness (QED) is 0.666. The first-order chi connectivity index (χ1) is 10.0. The van der Waals surface area contributed by atoms with Gasteiger partial charge in [0.15, 0.2) is 0 Å². The van der Waals surface area contributed by atoms with Gasteiger partial charge >= 0.3 is 5.97 Å². The summed E-state index contributed by atoms with van der Waals surface area (Å²) in [6.07, 6.45) is 4.15. The van der Waals surface area contributed by atoms with E-state index < -0.39 is 0 Å². The molecule has 21 heavy (non-hydrogen) atoms. The lowest BCUT2D eigenvalue weighted by Gasteiger charge is -2.32. The van der Waals surface area contributed by atoms with E-state index in [-0.39, 0.29) is 17.9 Å². The number of hydrogen-bond acceptors (Lipinski definition) is 3. The standard InChI is InChI=1S/C17H22ClNO2/c1-11-8-12(2)10-13(9-11)16(17(20)21-3)19-15-7-5-4-6-14(15)18/h4-8,11,13,16,19H,9-10H2,1-3H3. The highest BCUT2D eigenvalue weighted by Gasteiger charge is 2.32. The summed E-state index contributed by atoms with van der Waals surface area (Å²) in [5.41, 5.74) is 2.10. The maximum atomic E-state index is 12.2. The summed E-state index contributed by atoms with van der Waals surface area (Å²) >= 11 is 6.19. The number of para-hydroxylation sites is 1. The Morgan fingerprint density at radius 3 is 2.76 bits per heavy atom. The maximum Gasteiger partial charge on any atom is 0.328 e. The van der Waals surface area contributed by atoms with E-state index in [2.05, 4.69) is 25.2 Å². The molecular formula is C17H22ClNO2. The van der Waals surface area contributed by atoms with E-state index in [0.717, 1.165) is 18.5 Å². The van der Waals surface area contributed by atoms with E-state index in [1.54, 1.807) is 0 Å². The van der Waals surface area contributed by atoms with Crippen molar-refractivity contribution in [3.63, 3.8) is 0 Å². The molecule has 3 nitrogen and oxygen atoms in total. The molecule has 0 radical (unpaired) electrons. The molecule has 0 saturated heterocycles. The largest absolute Gasteiger partial charge is 0.467 e. The van der Waals surface area contributed by atoms with Crippen molar-refractivity contribution >= 4 is 23.3 Å². The number of hydrogen-bond donors (Lipinski definition) is 1. The van der Waals surface area contributed by atoms with Crippen molar-refractivity contribution in [3.8, 4) is 0 Å². The van der Waals surface area contributed by atoms with Crippen molar-refractivity contribution in [3.05, 3.63) is 40.9 Å². The van der Waals surface area contributed by atoms with Gasteiger partial charge in [0.25, 0.3) is 0 Å². The maximum absolute atomic E-state index is 12.2. The Morgan fingerprint density at radius 1 is 1.43 bits per heavy atom. The van der Waals surface area contributed by atoms with Gasteiger partial charge in [-0.05, 0) is 43.7 Å². The van der Waals surface area contributed by atoms with Crippen LogP contribution in [0.2, 0.25) is 5.02 Å². The van der Waals surface area contributed by atoms with Crippen molar-refractivity contribution in [1.29, 1.82) is 0 Å². The van der Waals surface area contributed by atoms with Gasteiger partial charge in [-0.15, -0.1) is 0 Å². The number of anilines is 1. The lowest BCUT2D eigenvalue weighted by molar-refractivity contribution is -0.143. The molecule has 0 aliphatic heterocycles. The van der Waals surface area contributed by atoms with Gasteiger partial charge in [0.05, 0.1) is 17.8 Å². The number of halogens is 1. The smallest absolute Gasteiger partial charge is 0.328 e. The molecule has 4 heteroatoms. The number of carbonyl (C=O) groups excluding carboxylic acids is 1. The topological polar surface area (TPSA) is 38.3 Å². The average Bonchev–Trinajstić information content (AvgIpc) is 2.44. The zero-order valence-electron chi connectivity index (χ0n) is 12.7. The first kappa shape index (κ1) is 15.9. The third-order valence-electron chi connectivity index (χ3n) is 3.94. The first-order valence-corrected chi connectivity index (χ1v) is 7.65. The summed E-state index contributed by atoms with van der Waals surface area (Å²) in [4.78, 5) is 12.2. The molecule has 1 aliphatic carbocycles. The third-order valence-corrected chi connectivity index (χ3v) is 4.27. The van der Waals surface area contributed by atoms with Crippen molar-refractivity contribution in [2.24, 2.45) is 11.8 Å². The molecule has 3 unspecified atom stereocenters. The molecule has 0 fully saturated rings. The number of rotatable bonds is 4. The molecule has 1 aromatic rings. The van der Waals surface area contributed by atoms with Gasteiger partial charge in [0.2, 0.25) is 0 Å². The van der Waals surface area contributed by atoms with E-state index in [1.807, 2.05) is 24.3 Å². The second-order valence-electron chi connectivity index (χ2n) is 5.82. The van der Waals surface area contributed by atoms with Crippen molar-refractivity contribution in [1.82, 2.24) is 0 Å². The Bertz CT molecular complexity index is 541. The van der Waals surface area contributed by atoms with Crippen molar-refractivity contribution in [2.45, 2.75) is 32.7 Å².